The Hall–Kier alpha value is -1.62. The van der Waals surface area contributed by atoms with Gasteiger partial charge in [-0.1, -0.05) is 6.92 Å². The standard InChI is InChI=1S/C11H15NO4/c1-3-10(14)16-6-8-4-12-7(2)11(15)9(8)5-13/h4,13,15H,3,5-6H2,1-2H3. The smallest absolute Gasteiger partial charge is 0.305 e. The van der Waals surface area contributed by atoms with Crippen molar-refractivity contribution in [2.24, 2.45) is 0 Å². The number of carbonyl (C=O) groups excluding carboxylic acids is 1. The highest BCUT2D eigenvalue weighted by Gasteiger charge is 2.12. The number of aryl methyl sites for hydroxylation is 1. The number of aromatic nitrogens is 1. The van der Waals surface area contributed by atoms with Gasteiger partial charge in [0.05, 0.1) is 12.3 Å². The fourth-order valence-electron chi connectivity index (χ4n) is 1.25. The van der Waals surface area contributed by atoms with Gasteiger partial charge in [0.15, 0.2) is 0 Å². The zero-order chi connectivity index (χ0) is 12.1. The van der Waals surface area contributed by atoms with Gasteiger partial charge in [-0.2, -0.15) is 0 Å². The predicted molar refractivity (Wildman–Crippen MR) is 56.6 cm³/mol. The van der Waals surface area contributed by atoms with Gasteiger partial charge in [-0.05, 0) is 6.92 Å². The third-order valence-corrected chi connectivity index (χ3v) is 2.27. The molecule has 0 spiro atoms. The molecular weight excluding hydrogens is 210 g/mol. The van der Waals surface area contributed by atoms with Gasteiger partial charge in [0, 0.05) is 23.7 Å². The van der Waals surface area contributed by atoms with Crippen molar-refractivity contribution in [2.45, 2.75) is 33.5 Å². The van der Waals surface area contributed by atoms with E-state index in [4.69, 9.17) is 9.84 Å². The van der Waals surface area contributed by atoms with Crippen LogP contribution in [-0.2, 0) is 22.7 Å². The number of pyridine rings is 1. The largest absolute Gasteiger partial charge is 0.506 e. The third-order valence-electron chi connectivity index (χ3n) is 2.27. The molecular formula is C11H15NO4. The highest BCUT2D eigenvalue weighted by Crippen LogP contribution is 2.24. The zero-order valence-corrected chi connectivity index (χ0v) is 9.36. The molecule has 0 aliphatic rings. The summed E-state index contributed by atoms with van der Waals surface area (Å²) in [6.45, 7) is 3.04. The van der Waals surface area contributed by atoms with Crippen LogP contribution in [0.3, 0.4) is 0 Å². The van der Waals surface area contributed by atoms with Crippen molar-refractivity contribution in [3.05, 3.63) is 23.0 Å². The van der Waals surface area contributed by atoms with E-state index in [9.17, 15) is 9.90 Å². The SMILES string of the molecule is CCC(=O)OCc1cnc(C)c(O)c1CO. The lowest BCUT2D eigenvalue weighted by Crippen LogP contribution is -2.06. The molecule has 0 aliphatic heterocycles. The summed E-state index contributed by atoms with van der Waals surface area (Å²) in [4.78, 5) is 14.9. The molecule has 0 unspecified atom stereocenters. The predicted octanol–water partition coefficient (Wildman–Crippen LogP) is 1.04. The van der Waals surface area contributed by atoms with Gasteiger partial charge in [0.1, 0.15) is 12.4 Å². The van der Waals surface area contributed by atoms with Crippen LogP contribution in [0.4, 0.5) is 0 Å². The molecule has 0 fully saturated rings. The lowest BCUT2D eigenvalue weighted by atomic mass is 10.1. The second-order valence-corrected chi connectivity index (χ2v) is 3.37. The van der Waals surface area contributed by atoms with Crippen LogP contribution < -0.4 is 0 Å². The molecule has 5 heteroatoms. The lowest BCUT2D eigenvalue weighted by molar-refractivity contribution is -0.144. The number of aliphatic hydroxyl groups excluding tert-OH is 1. The maximum Gasteiger partial charge on any atom is 0.305 e. The molecule has 16 heavy (non-hydrogen) atoms. The van der Waals surface area contributed by atoms with E-state index in [0.29, 0.717) is 23.2 Å². The molecule has 0 aliphatic carbocycles. The van der Waals surface area contributed by atoms with Crippen LogP contribution in [0, 0.1) is 6.92 Å². The molecule has 0 bridgehead atoms. The molecule has 88 valence electrons. The Morgan fingerprint density at radius 2 is 2.25 bits per heavy atom. The number of carbonyl (C=O) groups is 1. The Labute approximate surface area is 93.7 Å². The topological polar surface area (TPSA) is 79.7 Å². The van der Waals surface area contributed by atoms with Gasteiger partial charge in [-0.3, -0.25) is 9.78 Å². The number of esters is 1. The summed E-state index contributed by atoms with van der Waals surface area (Å²) >= 11 is 0. The van der Waals surface area contributed by atoms with Gasteiger partial charge < -0.3 is 14.9 Å². The molecule has 1 aromatic heterocycles. The van der Waals surface area contributed by atoms with Crippen LogP contribution in [0.15, 0.2) is 6.20 Å². The molecule has 0 saturated heterocycles. The molecule has 2 N–H and O–H groups in total. The first-order valence-electron chi connectivity index (χ1n) is 5.03. The van der Waals surface area contributed by atoms with Gasteiger partial charge in [0.2, 0.25) is 0 Å². The monoisotopic (exact) mass is 225 g/mol. The van der Waals surface area contributed by atoms with Gasteiger partial charge in [-0.15, -0.1) is 0 Å². The van der Waals surface area contributed by atoms with Crippen LogP contribution in [0.25, 0.3) is 0 Å². The van der Waals surface area contributed by atoms with E-state index >= 15 is 0 Å². The van der Waals surface area contributed by atoms with Crippen molar-refractivity contribution < 1.29 is 19.7 Å². The van der Waals surface area contributed by atoms with E-state index in [-0.39, 0.29) is 24.9 Å². The van der Waals surface area contributed by atoms with Crippen LogP contribution in [0.5, 0.6) is 5.75 Å². The molecule has 0 aromatic carbocycles. The normalized spacial score (nSPS) is 10.2. The van der Waals surface area contributed by atoms with E-state index in [1.807, 2.05) is 0 Å². The number of ether oxygens (including phenoxy) is 1. The summed E-state index contributed by atoms with van der Waals surface area (Å²) in [5, 5.41) is 18.8. The summed E-state index contributed by atoms with van der Waals surface area (Å²) in [7, 11) is 0. The molecule has 1 aromatic rings. The van der Waals surface area contributed by atoms with Crippen molar-refractivity contribution in [2.75, 3.05) is 0 Å². The molecule has 5 nitrogen and oxygen atoms in total. The second kappa shape index (κ2) is 5.46. The first kappa shape index (κ1) is 12.4. The Kier molecular flexibility index (Phi) is 4.25. The van der Waals surface area contributed by atoms with Crippen LogP contribution >= 0.6 is 0 Å². The Morgan fingerprint density at radius 3 is 2.81 bits per heavy atom. The fourth-order valence-corrected chi connectivity index (χ4v) is 1.25. The second-order valence-electron chi connectivity index (χ2n) is 3.37. The van der Waals surface area contributed by atoms with Crippen molar-refractivity contribution in [3.8, 4) is 5.75 Å². The molecule has 0 saturated carbocycles. The Bertz CT molecular complexity index is 390. The minimum absolute atomic E-state index is 0.0173. The number of rotatable bonds is 4. The van der Waals surface area contributed by atoms with Crippen molar-refractivity contribution in [1.82, 2.24) is 4.98 Å². The van der Waals surface area contributed by atoms with E-state index in [1.165, 1.54) is 6.20 Å². The van der Waals surface area contributed by atoms with Gasteiger partial charge in [0.25, 0.3) is 0 Å². The summed E-state index contributed by atoms with van der Waals surface area (Å²) in [6.07, 6.45) is 1.78. The molecule has 0 radical (unpaired) electrons. The average Bonchev–Trinajstić information content (AvgIpc) is 2.30. The number of aromatic hydroxyl groups is 1. The van der Waals surface area contributed by atoms with Gasteiger partial charge >= 0.3 is 5.97 Å². The first-order chi connectivity index (χ1) is 7.60. The van der Waals surface area contributed by atoms with Crippen molar-refractivity contribution >= 4 is 5.97 Å². The van der Waals surface area contributed by atoms with E-state index < -0.39 is 0 Å². The van der Waals surface area contributed by atoms with Crippen molar-refractivity contribution in [1.29, 1.82) is 0 Å². The summed E-state index contributed by atoms with van der Waals surface area (Å²) < 4.78 is 4.91. The molecule has 1 rings (SSSR count). The van der Waals surface area contributed by atoms with Crippen molar-refractivity contribution in [3.63, 3.8) is 0 Å². The maximum atomic E-state index is 11.0. The number of hydrogen-bond donors (Lipinski definition) is 2. The fraction of sp³-hybridized carbons (Fsp3) is 0.455. The highest BCUT2D eigenvalue weighted by atomic mass is 16.5. The van der Waals surface area contributed by atoms with Crippen LogP contribution in [0.2, 0.25) is 0 Å². The van der Waals surface area contributed by atoms with E-state index in [2.05, 4.69) is 4.98 Å². The lowest BCUT2D eigenvalue weighted by Gasteiger charge is -2.10. The average molecular weight is 225 g/mol. The number of nitrogens with zero attached hydrogens (tertiary/aromatic N) is 1. The number of hydrogen-bond acceptors (Lipinski definition) is 5. The molecule has 1 heterocycles. The van der Waals surface area contributed by atoms with E-state index in [0.717, 1.165) is 0 Å². The first-order valence-corrected chi connectivity index (χ1v) is 5.03. The molecule has 0 atom stereocenters. The Morgan fingerprint density at radius 1 is 1.56 bits per heavy atom. The quantitative estimate of drug-likeness (QED) is 0.748. The van der Waals surface area contributed by atoms with E-state index in [1.54, 1.807) is 13.8 Å². The maximum absolute atomic E-state index is 11.0. The summed E-state index contributed by atoms with van der Waals surface area (Å²) in [6, 6.07) is 0. The Balaban J connectivity index is 2.88. The minimum Gasteiger partial charge on any atom is -0.506 e. The zero-order valence-electron chi connectivity index (χ0n) is 9.36. The summed E-state index contributed by atoms with van der Waals surface area (Å²) in [5.41, 5.74) is 1.32. The van der Waals surface area contributed by atoms with Gasteiger partial charge in [-0.25, -0.2) is 0 Å². The summed E-state index contributed by atoms with van der Waals surface area (Å²) in [5.74, 6) is -0.378. The number of aliphatic hydroxyl groups is 1. The third kappa shape index (κ3) is 2.70. The van der Waals surface area contributed by atoms with Crippen LogP contribution in [-0.4, -0.2) is 21.2 Å². The minimum atomic E-state index is -0.330. The molecule has 0 amide bonds. The van der Waals surface area contributed by atoms with Crippen LogP contribution in [0.1, 0.15) is 30.2 Å². The highest BCUT2D eigenvalue weighted by molar-refractivity contribution is 5.68.